The van der Waals surface area contributed by atoms with E-state index in [4.69, 9.17) is 11.6 Å². The highest BCUT2D eigenvalue weighted by Gasteiger charge is 2.20. The molecule has 21 heavy (non-hydrogen) atoms. The number of hydrogen-bond acceptors (Lipinski definition) is 5. The van der Waals surface area contributed by atoms with Crippen molar-refractivity contribution in [2.45, 2.75) is 44.2 Å². The number of thiazole rings is 1. The summed E-state index contributed by atoms with van der Waals surface area (Å²) in [6.07, 6.45) is 6.74. The van der Waals surface area contributed by atoms with Crippen LogP contribution in [0.3, 0.4) is 0 Å². The molecule has 2 heterocycles. The van der Waals surface area contributed by atoms with E-state index in [-0.39, 0.29) is 0 Å². The number of thiophene rings is 1. The molecule has 2 N–H and O–H groups in total. The maximum absolute atomic E-state index is 10.1. The van der Waals surface area contributed by atoms with E-state index < -0.39 is 6.10 Å². The standard InChI is InChI=1S/C15H19ClN2OS2/c16-14-6-5-13(21-14)12(19)9-17-7-11-8-18-15(20-11)10-3-1-2-4-10/h5-6,8,10,12,17,19H,1-4,7,9H2. The minimum Gasteiger partial charge on any atom is -0.386 e. The SMILES string of the molecule is OC(CNCc1cnc(C2CCCC2)s1)c1ccc(Cl)s1. The Morgan fingerprint density at radius 1 is 1.33 bits per heavy atom. The smallest absolute Gasteiger partial charge is 0.101 e. The van der Waals surface area contributed by atoms with Crippen LogP contribution in [0.5, 0.6) is 0 Å². The van der Waals surface area contributed by atoms with Crippen molar-refractivity contribution in [1.29, 1.82) is 0 Å². The molecular weight excluding hydrogens is 324 g/mol. The summed E-state index contributed by atoms with van der Waals surface area (Å²) >= 11 is 9.12. The summed E-state index contributed by atoms with van der Waals surface area (Å²) in [4.78, 5) is 6.71. The first-order valence-corrected chi connectivity index (χ1v) is 9.32. The fourth-order valence-corrected chi connectivity index (χ4v) is 4.81. The predicted molar refractivity (Wildman–Crippen MR) is 89.3 cm³/mol. The topological polar surface area (TPSA) is 45.1 Å². The summed E-state index contributed by atoms with van der Waals surface area (Å²) in [7, 11) is 0. The molecule has 1 unspecified atom stereocenters. The van der Waals surface area contributed by atoms with Crippen LogP contribution in [-0.4, -0.2) is 16.6 Å². The summed E-state index contributed by atoms with van der Waals surface area (Å²) in [6.45, 7) is 1.30. The highest BCUT2D eigenvalue weighted by Crippen LogP contribution is 2.36. The van der Waals surface area contributed by atoms with Crippen LogP contribution in [0.4, 0.5) is 0 Å². The third kappa shape index (κ3) is 4.05. The Morgan fingerprint density at radius 3 is 2.86 bits per heavy atom. The van der Waals surface area contributed by atoms with Crippen molar-refractivity contribution < 1.29 is 5.11 Å². The van der Waals surface area contributed by atoms with E-state index in [1.165, 1.54) is 46.9 Å². The Labute approximate surface area is 138 Å². The molecule has 3 rings (SSSR count). The van der Waals surface area contributed by atoms with Crippen LogP contribution in [0.1, 0.15) is 52.5 Å². The molecule has 2 aromatic heterocycles. The molecule has 1 saturated carbocycles. The highest BCUT2D eigenvalue weighted by molar-refractivity contribution is 7.16. The number of aliphatic hydroxyl groups is 1. The Balaban J connectivity index is 1.47. The van der Waals surface area contributed by atoms with Crippen molar-refractivity contribution in [3.05, 3.63) is 37.4 Å². The summed E-state index contributed by atoms with van der Waals surface area (Å²) in [5, 5.41) is 14.7. The van der Waals surface area contributed by atoms with Gasteiger partial charge in [0, 0.05) is 35.0 Å². The van der Waals surface area contributed by atoms with E-state index >= 15 is 0 Å². The highest BCUT2D eigenvalue weighted by atomic mass is 35.5. The number of rotatable bonds is 6. The minimum atomic E-state index is -0.496. The number of aliphatic hydroxyl groups excluding tert-OH is 1. The minimum absolute atomic E-state index is 0.496. The molecule has 1 aliphatic rings. The van der Waals surface area contributed by atoms with Crippen molar-refractivity contribution in [2.75, 3.05) is 6.54 Å². The summed E-state index contributed by atoms with van der Waals surface area (Å²) in [5.41, 5.74) is 0. The van der Waals surface area contributed by atoms with Crippen LogP contribution in [-0.2, 0) is 6.54 Å². The third-order valence-electron chi connectivity index (χ3n) is 3.84. The Bertz CT molecular complexity index is 578. The van der Waals surface area contributed by atoms with Crippen molar-refractivity contribution in [1.82, 2.24) is 10.3 Å². The molecule has 0 bridgehead atoms. The molecule has 0 radical (unpaired) electrons. The van der Waals surface area contributed by atoms with Gasteiger partial charge < -0.3 is 10.4 Å². The van der Waals surface area contributed by atoms with Crippen molar-refractivity contribution in [3.63, 3.8) is 0 Å². The molecule has 1 atom stereocenters. The van der Waals surface area contributed by atoms with E-state index in [1.54, 1.807) is 0 Å². The van der Waals surface area contributed by atoms with Crippen molar-refractivity contribution in [3.8, 4) is 0 Å². The Hall–Kier alpha value is -0.460. The second-order valence-electron chi connectivity index (χ2n) is 5.43. The van der Waals surface area contributed by atoms with Gasteiger partial charge in [0.25, 0.3) is 0 Å². The lowest BCUT2D eigenvalue weighted by molar-refractivity contribution is 0.178. The van der Waals surface area contributed by atoms with Crippen LogP contribution < -0.4 is 5.32 Å². The van der Waals surface area contributed by atoms with Gasteiger partial charge in [-0.1, -0.05) is 24.4 Å². The summed E-state index contributed by atoms with van der Waals surface area (Å²) in [5.74, 6) is 0.683. The molecule has 1 aliphatic carbocycles. The lowest BCUT2D eigenvalue weighted by atomic mass is 10.1. The lowest BCUT2D eigenvalue weighted by Gasteiger charge is -2.09. The Morgan fingerprint density at radius 2 is 2.14 bits per heavy atom. The lowest BCUT2D eigenvalue weighted by Crippen LogP contribution is -2.19. The molecule has 2 aromatic rings. The number of nitrogens with zero attached hydrogens (tertiary/aromatic N) is 1. The van der Waals surface area contributed by atoms with Gasteiger partial charge in [-0.2, -0.15) is 0 Å². The fraction of sp³-hybridized carbons (Fsp3) is 0.533. The first kappa shape index (κ1) is 15.4. The van der Waals surface area contributed by atoms with Gasteiger partial charge in [0.15, 0.2) is 0 Å². The van der Waals surface area contributed by atoms with Gasteiger partial charge in [-0.3, -0.25) is 0 Å². The second kappa shape index (κ2) is 7.20. The number of halogens is 1. The molecule has 3 nitrogen and oxygen atoms in total. The van der Waals surface area contributed by atoms with Gasteiger partial charge in [0.2, 0.25) is 0 Å². The quantitative estimate of drug-likeness (QED) is 0.820. The maximum Gasteiger partial charge on any atom is 0.101 e. The average Bonchev–Trinajstić information content (AvgIpc) is 3.19. The molecule has 0 saturated heterocycles. The predicted octanol–water partition coefficient (Wildman–Crippen LogP) is 4.34. The van der Waals surface area contributed by atoms with Crippen molar-refractivity contribution >= 4 is 34.3 Å². The van der Waals surface area contributed by atoms with E-state index in [2.05, 4.69) is 10.3 Å². The van der Waals surface area contributed by atoms with Crippen LogP contribution in [0, 0.1) is 0 Å². The molecular formula is C15H19ClN2OS2. The van der Waals surface area contributed by atoms with Gasteiger partial charge >= 0.3 is 0 Å². The van der Waals surface area contributed by atoms with Crippen LogP contribution in [0.25, 0.3) is 0 Å². The molecule has 1 fully saturated rings. The van der Waals surface area contributed by atoms with E-state index in [0.717, 1.165) is 11.4 Å². The van der Waals surface area contributed by atoms with Crippen LogP contribution in [0.2, 0.25) is 4.34 Å². The zero-order valence-electron chi connectivity index (χ0n) is 11.7. The largest absolute Gasteiger partial charge is 0.386 e. The summed E-state index contributed by atoms with van der Waals surface area (Å²) in [6, 6.07) is 3.70. The Kier molecular flexibility index (Phi) is 5.29. The van der Waals surface area contributed by atoms with Crippen LogP contribution >= 0.6 is 34.3 Å². The van der Waals surface area contributed by atoms with Crippen LogP contribution in [0.15, 0.2) is 18.3 Å². The van der Waals surface area contributed by atoms with Crippen molar-refractivity contribution in [2.24, 2.45) is 0 Å². The van der Waals surface area contributed by atoms with Gasteiger partial charge in [-0.25, -0.2) is 4.98 Å². The fourth-order valence-electron chi connectivity index (χ4n) is 2.71. The van der Waals surface area contributed by atoms with E-state index in [9.17, 15) is 5.11 Å². The normalized spacial score (nSPS) is 17.4. The van der Waals surface area contributed by atoms with Gasteiger partial charge in [-0.15, -0.1) is 22.7 Å². The van der Waals surface area contributed by atoms with E-state index in [1.807, 2.05) is 29.7 Å². The first-order valence-electron chi connectivity index (χ1n) is 7.31. The maximum atomic E-state index is 10.1. The summed E-state index contributed by atoms with van der Waals surface area (Å²) < 4.78 is 0.715. The van der Waals surface area contributed by atoms with Gasteiger partial charge in [0.1, 0.15) is 6.10 Å². The first-order chi connectivity index (χ1) is 10.2. The number of nitrogens with one attached hydrogen (secondary N) is 1. The average molecular weight is 343 g/mol. The zero-order valence-corrected chi connectivity index (χ0v) is 14.1. The van der Waals surface area contributed by atoms with Gasteiger partial charge in [0.05, 0.1) is 9.34 Å². The molecule has 0 amide bonds. The number of hydrogen-bond donors (Lipinski definition) is 2. The zero-order chi connectivity index (χ0) is 14.7. The molecule has 114 valence electrons. The molecule has 6 heteroatoms. The third-order valence-corrected chi connectivity index (χ3v) is 6.33. The monoisotopic (exact) mass is 342 g/mol. The number of aromatic nitrogens is 1. The molecule has 0 aliphatic heterocycles. The molecule has 0 spiro atoms. The van der Waals surface area contributed by atoms with Gasteiger partial charge in [-0.05, 0) is 25.0 Å². The second-order valence-corrected chi connectivity index (χ2v) is 8.33. The molecule has 0 aromatic carbocycles. The van der Waals surface area contributed by atoms with E-state index in [0.29, 0.717) is 16.8 Å².